The lowest BCUT2D eigenvalue weighted by atomic mass is 10.1. The quantitative estimate of drug-likeness (QED) is 0.358. The Morgan fingerprint density at radius 3 is 2.76 bits per heavy atom. The van der Waals surface area contributed by atoms with Gasteiger partial charge >= 0.3 is 0 Å². The molecular formula is C22H16BrClN2O3. The van der Waals surface area contributed by atoms with E-state index in [0.29, 0.717) is 50.1 Å². The maximum atomic E-state index is 12.7. The fraction of sp³-hybridized carbons (Fsp3) is 0.0909. The molecule has 0 spiro atoms. The number of ether oxygens (including phenoxy) is 1. The van der Waals surface area contributed by atoms with Gasteiger partial charge in [0.25, 0.3) is 5.91 Å². The van der Waals surface area contributed by atoms with Crippen molar-refractivity contribution in [1.29, 1.82) is 0 Å². The lowest BCUT2D eigenvalue weighted by molar-refractivity contribution is 0.102. The molecule has 1 heterocycles. The van der Waals surface area contributed by atoms with Crippen LogP contribution in [0.25, 0.3) is 22.6 Å². The number of nitrogens with one attached hydrogen (secondary N) is 1. The highest BCUT2D eigenvalue weighted by molar-refractivity contribution is 9.10. The summed E-state index contributed by atoms with van der Waals surface area (Å²) >= 11 is 9.72. The third kappa shape index (κ3) is 4.13. The van der Waals surface area contributed by atoms with Crippen molar-refractivity contribution in [3.8, 4) is 17.2 Å². The molecule has 1 N–H and O–H groups in total. The van der Waals surface area contributed by atoms with E-state index in [2.05, 4.69) is 26.2 Å². The maximum Gasteiger partial charge on any atom is 0.255 e. The Bertz CT molecular complexity index is 1170. The molecule has 0 saturated heterocycles. The van der Waals surface area contributed by atoms with Crippen LogP contribution in [0.5, 0.6) is 5.75 Å². The van der Waals surface area contributed by atoms with Crippen molar-refractivity contribution < 1.29 is 13.9 Å². The van der Waals surface area contributed by atoms with Gasteiger partial charge in [0.05, 0.1) is 21.8 Å². The van der Waals surface area contributed by atoms with Crippen LogP contribution in [-0.2, 0) is 0 Å². The number of carbonyl (C=O) groups is 1. The number of benzene rings is 3. The van der Waals surface area contributed by atoms with E-state index in [0.717, 1.165) is 5.52 Å². The molecule has 7 heteroatoms. The molecule has 0 fully saturated rings. The van der Waals surface area contributed by atoms with Gasteiger partial charge in [-0.25, -0.2) is 4.98 Å². The van der Waals surface area contributed by atoms with Crippen LogP contribution in [0.2, 0.25) is 5.02 Å². The topological polar surface area (TPSA) is 64.4 Å². The van der Waals surface area contributed by atoms with Gasteiger partial charge in [-0.3, -0.25) is 4.79 Å². The number of hydrogen-bond acceptors (Lipinski definition) is 4. The number of aromatic nitrogens is 1. The number of fused-ring (bicyclic) bond motifs is 1. The zero-order valence-electron chi connectivity index (χ0n) is 15.4. The van der Waals surface area contributed by atoms with Crippen molar-refractivity contribution in [2.75, 3.05) is 11.9 Å². The minimum Gasteiger partial charge on any atom is -0.493 e. The third-order valence-corrected chi connectivity index (χ3v) is 5.20. The summed E-state index contributed by atoms with van der Waals surface area (Å²) in [6, 6.07) is 17.9. The second-order valence-electron chi connectivity index (χ2n) is 6.21. The van der Waals surface area contributed by atoms with Crippen LogP contribution in [-0.4, -0.2) is 17.5 Å². The van der Waals surface area contributed by atoms with Crippen LogP contribution in [0.1, 0.15) is 17.3 Å². The first-order valence-corrected chi connectivity index (χ1v) is 10.1. The highest BCUT2D eigenvalue weighted by Crippen LogP contribution is 2.31. The Labute approximate surface area is 180 Å². The van der Waals surface area contributed by atoms with Gasteiger partial charge in [0, 0.05) is 11.1 Å². The average Bonchev–Trinajstić information content (AvgIpc) is 3.15. The molecule has 0 aliphatic rings. The Hall–Kier alpha value is -2.83. The molecule has 4 aromatic rings. The predicted molar refractivity (Wildman–Crippen MR) is 118 cm³/mol. The Kier molecular flexibility index (Phi) is 5.56. The molecule has 0 aliphatic carbocycles. The molecule has 0 radical (unpaired) electrons. The molecule has 1 aromatic heterocycles. The number of oxazole rings is 1. The number of hydrogen-bond donors (Lipinski definition) is 1. The van der Waals surface area contributed by atoms with Crippen LogP contribution in [0, 0.1) is 0 Å². The number of para-hydroxylation sites is 2. The second kappa shape index (κ2) is 8.27. The number of halogens is 2. The average molecular weight is 472 g/mol. The molecule has 0 unspecified atom stereocenters. The first kappa shape index (κ1) is 19.5. The first-order valence-electron chi connectivity index (χ1n) is 8.94. The normalized spacial score (nSPS) is 10.9. The monoisotopic (exact) mass is 470 g/mol. The number of rotatable bonds is 5. The van der Waals surface area contributed by atoms with Gasteiger partial charge in [-0.2, -0.15) is 0 Å². The summed E-state index contributed by atoms with van der Waals surface area (Å²) in [5.74, 6) is 0.854. The summed E-state index contributed by atoms with van der Waals surface area (Å²) in [6.45, 7) is 2.45. The highest BCUT2D eigenvalue weighted by atomic mass is 79.9. The standard InChI is InChI=1S/C22H16BrClN2O3/c1-2-28-19-10-8-13(11-15(19)23)21(27)25-18-12-14(7-9-16(18)24)22-26-17-5-3-4-6-20(17)29-22/h3-12H,2H2,1H3,(H,25,27). The van der Waals surface area contributed by atoms with Gasteiger partial charge in [-0.1, -0.05) is 23.7 Å². The second-order valence-corrected chi connectivity index (χ2v) is 7.48. The summed E-state index contributed by atoms with van der Waals surface area (Å²) in [6.07, 6.45) is 0. The predicted octanol–water partition coefficient (Wildman–Crippen LogP) is 6.56. The zero-order chi connectivity index (χ0) is 20.4. The van der Waals surface area contributed by atoms with Crippen LogP contribution >= 0.6 is 27.5 Å². The van der Waals surface area contributed by atoms with Crippen molar-refractivity contribution in [3.63, 3.8) is 0 Å². The molecule has 146 valence electrons. The van der Waals surface area contributed by atoms with Crippen molar-refractivity contribution in [3.05, 3.63) is 75.7 Å². The summed E-state index contributed by atoms with van der Waals surface area (Å²) in [7, 11) is 0. The number of carbonyl (C=O) groups excluding carboxylic acids is 1. The van der Waals surface area contributed by atoms with E-state index >= 15 is 0 Å². The lowest BCUT2D eigenvalue weighted by Crippen LogP contribution is -2.12. The van der Waals surface area contributed by atoms with E-state index in [4.69, 9.17) is 20.8 Å². The van der Waals surface area contributed by atoms with Crippen molar-refractivity contribution >= 4 is 50.2 Å². The summed E-state index contributed by atoms with van der Waals surface area (Å²) in [5, 5.41) is 3.27. The van der Waals surface area contributed by atoms with E-state index < -0.39 is 0 Å². The van der Waals surface area contributed by atoms with Crippen LogP contribution in [0.15, 0.2) is 69.6 Å². The van der Waals surface area contributed by atoms with Crippen LogP contribution in [0.3, 0.4) is 0 Å². The molecule has 1 amide bonds. The molecule has 4 rings (SSSR count). The Morgan fingerprint density at radius 1 is 1.17 bits per heavy atom. The van der Waals surface area contributed by atoms with Gasteiger partial charge in [0.1, 0.15) is 11.3 Å². The number of amides is 1. The fourth-order valence-electron chi connectivity index (χ4n) is 2.86. The molecule has 0 atom stereocenters. The number of nitrogens with zero attached hydrogens (tertiary/aromatic N) is 1. The van der Waals surface area contributed by atoms with Gasteiger partial charge < -0.3 is 14.5 Å². The lowest BCUT2D eigenvalue weighted by Gasteiger charge is -2.10. The van der Waals surface area contributed by atoms with Gasteiger partial charge in [0.15, 0.2) is 5.58 Å². The van der Waals surface area contributed by atoms with Crippen LogP contribution < -0.4 is 10.1 Å². The van der Waals surface area contributed by atoms with Gasteiger partial charge in [-0.15, -0.1) is 0 Å². The molecule has 0 saturated carbocycles. The molecule has 5 nitrogen and oxygen atoms in total. The molecule has 0 aliphatic heterocycles. The van der Waals surface area contributed by atoms with Crippen molar-refractivity contribution in [1.82, 2.24) is 4.98 Å². The van der Waals surface area contributed by atoms with Crippen molar-refractivity contribution in [2.45, 2.75) is 6.92 Å². The van der Waals surface area contributed by atoms with Crippen molar-refractivity contribution in [2.24, 2.45) is 0 Å². The fourth-order valence-corrected chi connectivity index (χ4v) is 3.52. The molecule has 29 heavy (non-hydrogen) atoms. The summed E-state index contributed by atoms with van der Waals surface area (Å²) in [4.78, 5) is 17.2. The Balaban J connectivity index is 1.61. The molecular weight excluding hydrogens is 456 g/mol. The SMILES string of the molecule is CCOc1ccc(C(=O)Nc2cc(-c3nc4ccccc4o3)ccc2Cl)cc1Br. The molecule has 0 bridgehead atoms. The van der Waals surface area contributed by atoms with E-state index in [9.17, 15) is 4.79 Å². The first-order chi connectivity index (χ1) is 14.0. The minimum atomic E-state index is -0.287. The van der Waals surface area contributed by atoms with E-state index in [-0.39, 0.29) is 5.91 Å². The highest BCUT2D eigenvalue weighted by Gasteiger charge is 2.14. The van der Waals surface area contributed by atoms with E-state index in [1.165, 1.54) is 0 Å². The summed E-state index contributed by atoms with van der Waals surface area (Å²) < 4.78 is 12.0. The molecule has 3 aromatic carbocycles. The largest absolute Gasteiger partial charge is 0.493 e. The number of anilines is 1. The van der Waals surface area contributed by atoms with Gasteiger partial charge in [-0.05, 0) is 71.4 Å². The minimum absolute atomic E-state index is 0.287. The van der Waals surface area contributed by atoms with Crippen LogP contribution in [0.4, 0.5) is 5.69 Å². The summed E-state index contributed by atoms with van der Waals surface area (Å²) in [5.41, 5.74) is 3.13. The zero-order valence-corrected chi connectivity index (χ0v) is 17.8. The van der Waals surface area contributed by atoms with E-state index in [1.807, 2.05) is 31.2 Å². The van der Waals surface area contributed by atoms with Gasteiger partial charge in [0.2, 0.25) is 5.89 Å². The Morgan fingerprint density at radius 2 is 2.00 bits per heavy atom. The van der Waals surface area contributed by atoms with E-state index in [1.54, 1.807) is 36.4 Å². The smallest absolute Gasteiger partial charge is 0.255 e. The third-order valence-electron chi connectivity index (χ3n) is 4.25. The maximum absolute atomic E-state index is 12.7.